The van der Waals surface area contributed by atoms with Gasteiger partial charge in [-0.1, -0.05) is 54.1 Å². The summed E-state index contributed by atoms with van der Waals surface area (Å²) in [5.41, 5.74) is -1.72. The van der Waals surface area contributed by atoms with Gasteiger partial charge >= 0.3 is 5.97 Å². The molecule has 0 aliphatic heterocycles. The average molecular weight is 382 g/mol. The number of nitriles is 1. The number of carbonyl (C=O) groups excluding carboxylic acids is 2. The van der Waals surface area contributed by atoms with E-state index in [2.05, 4.69) is 0 Å². The summed E-state index contributed by atoms with van der Waals surface area (Å²) in [5, 5.41) is 10.4. The van der Waals surface area contributed by atoms with Gasteiger partial charge in [-0.05, 0) is 50.6 Å². The molecular formula is C22H20ClNO3. The molecule has 0 saturated heterocycles. The van der Waals surface area contributed by atoms with Crippen molar-refractivity contribution in [1.82, 2.24) is 0 Å². The summed E-state index contributed by atoms with van der Waals surface area (Å²) in [6.07, 6.45) is 2.52. The van der Waals surface area contributed by atoms with E-state index >= 15 is 0 Å². The van der Waals surface area contributed by atoms with Gasteiger partial charge in [0.15, 0.2) is 11.2 Å². The van der Waals surface area contributed by atoms with E-state index in [1.54, 1.807) is 75.4 Å². The van der Waals surface area contributed by atoms with E-state index in [1.807, 2.05) is 6.07 Å². The standard InChI is InChI=1S/C22H20ClNO3/c1-21(2,3)27-20(26)22(15-24,17-9-11-18(23)12-10-17)14-13-19(25)16-7-5-4-6-8-16/h4-14H,1-3H3/b14-13-/t22-/m0/s1. The smallest absolute Gasteiger partial charge is 0.335 e. The van der Waals surface area contributed by atoms with E-state index in [0.29, 0.717) is 16.1 Å². The maximum absolute atomic E-state index is 12.9. The van der Waals surface area contributed by atoms with Crippen molar-refractivity contribution in [2.24, 2.45) is 0 Å². The number of ketones is 1. The molecule has 0 aliphatic carbocycles. The van der Waals surface area contributed by atoms with Crippen molar-refractivity contribution in [1.29, 1.82) is 5.26 Å². The highest BCUT2D eigenvalue weighted by Crippen LogP contribution is 2.30. The van der Waals surface area contributed by atoms with Gasteiger partial charge in [-0.25, -0.2) is 4.79 Å². The monoisotopic (exact) mass is 381 g/mol. The fourth-order valence-corrected chi connectivity index (χ4v) is 2.53. The first-order chi connectivity index (χ1) is 12.7. The highest BCUT2D eigenvalue weighted by Gasteiger charge is 2.42. The third-order valence-corrected chi connectivity index (χ3v) is 3.99. The molecule has 1 atom stereocenters. The summed E-state index contributed by atoms with van der Waals surface area (Å²) in [4.78, 5) is 25.3. The minimum atomic E-state index is -1.76. The second-order valence-electron chi connectivity index (χ2n) is 6.99. The first-order valence-corrected chi connectivity index (χ1v) is 8.75. The fourth-order valence-electron chi connectivity index (χ4n) is 2.40. The normalized spacial score (nSPS) is 13.6. The van der Waals surface area contributed by atoms with E-state index in [0.717, 1.165) is 0 Å². The third kappa shape index (κ3) is 5.06. The molecule has 0 amide bonds. The first-order valence-electron chi connectivity index (χ1n) is 8.37. The summed E-state index contributed by atoms with van der Waals surface area (Å²) in [5.74, 6) is -1.07. The topological polar surface area (TPSA) is 67.2 Å². The lowest BCUT2D eigenvalue weighted by molar-refractivity contribution is -0.158. The van der Waals surface area contributed by atoms with Crippen LogP contribution >= 0.6 is 11.6 Å². The van der Waals surface area contributed by atoms with Crippen LogP contribution in [0.25, 0.3) is 0 Å². The number of nitrogens with zero attached hydrogens (tertiary/aromatic N) is 1. The number of esters is 1. The Bertz CT molecular complexity index is 890. The predicted octanol–water partition coefficient (Wildman–Crippen LogP) is 4.88. The number of allylic oxidation sites excluding steroid dienone is 1. The van der Waals surface area contributed by atoms with Crippen LogP contribution in [0.2, 0.25) is 5.02 Å². The Balaban J connectivity index is 2.50. The Hall–Kier alpha value is -2.90. The minimum absolute atomic E-state index is 0.312. The molecule has 2 rings (SSSR count). The number of hydrogen-bond acceptors (Lipinski definition) is 4. The number of hydrogen-bond donors (Lipinski definition) is 0. The zero-order chi connectivity index (χ0) is 20.1. The molecule has 27 heavy (non-hydrogen) atoms. The lowest BCUT2D eigenvalue weighted by Crippen LogP contribution is -2.39. The van der Waals surface area contributed by atoms with E-state index in [1.165, 1.54) is 12.2 Å². The summed E-state index contributed by atoms with van der Waals surface area (Å²) in [7, 11) is 0. The molecule has 0 heterocycles. The molecule has 4 nitrogen and oxygen atoms in total. The SMILES string of the molecule is CC(C)(C)OC(=O)[C@](C#N)(/C=C\C(=O)c1ccccc1)c1ccc(Cl)cc1. The van der Waals surface area contributed by atoms with Crippen molar-refractivity contribution in [2.45, 2.75) is 31.8 Å². The first kappa shape index (κ1) is 20.4. The zero-order valence-electron chi connectivity index (χ0n) is 15.4. The van der Waals surface area contributed by atoms with Gasteiger partial charge in [-0.15, -0.1) is 0 Å². The molecule has 5 heteroatoms. The van der Waals surface area contributed by atoms with Crippen LogP contribution in [0.1, 0.15) is 36.7 Å². The second kappa shape index (κ2) is 8.20. The maximum atomic E-state index is 12.9. The summed E-state index contributed by atoms with van der Waals surface area (Å²) in [6, 6.07) is 17.0. The van der Waals surface area contributed by atoms with Crippen LogP contribution in [0.4, 0.5) is 0 Å². The quantitative estimate of drug-likeness (QED) is 0.420. The maximum Gasteiger partial charge on any atom is 0.335 e. The Morgan fingerprint density at radius 1 is 1.04 bits per heavy atom. The summed E-state index contributed by atoms with van der Waals surface area (Å²) >= 11 is 5.93. The third-order valence-electron chi connectivity index (χ3n) is 3.74. The molecule has 2 aromatic rings. The van der Waals surface area contributed by atoms with Crippen molar-refractivity contribution in [3.63, 3.8) is 0 Å². The molecule has 0 fully saturated rings. The van der Waals surface area contributed by atoms with Crippen molar-refractivity contribution in [3.05, 3.63) is 82.9 Å². The zero-order valence-corrected chi connectivity index (χ0v) is 16.2. The number of halogens is 1. The van der Waals surface area contributed by atoms with E-state index in [9.17, 15) is 14.9 Å². The van der Waals surface area contributed by atoms with E-state index in [-0.39, 0.29) is 5.78 Å². The van der Waals surface area contributed by atoms with Crippen LogP contribution < -0.4 is 0 Å². The van der Waals surface area contributed by atoms with Gasteiger partial charge in [0, 0.05) is 10.6 Å². The molecular weight excluding hydrogens is 362 g/mol. The molecule has 2 aromatic carbocycles. The molecule has 0 aliphatic rings. The van der Waals surface area contributed by atoms with Gasteiger partial charge in [0.1, 0.15) is 5.60 Å². The van der Waals surface area contributed by atoms with Crippen LogP contribution in [0.15, 0.2) is 66.7 Å². The highest BCUT2D eigenvalue weighted by molar-refractivity contribution is 6.30. The molecule has 0 radical (unpaired) electrons. The Morgan fingerprint density at radius 3 is 2.15 bits per heavy atom. The number of carbonyl (C=O) groups is 2. The minimum Gasteiger partial charge on any atom is -0.458 e. The average Bonchev–Trinajstić information content (AvgIpc) is 2.63. The summed E-state index contributed by atoms with van der Waals surface area (Å²) < 4.78 is 5.46. The van der Waals surface area contributed by atoms with Crippen LogP contribution in [0, 0.1) is 11.3 Å². The van der Waals surface area contributed by atoms with Gasteiger partial charge in [-0.3, -0.25) is 4.79 Å². The van der Waals surface area contributed by atoms with Crippen LogP contribution in [-0.2, 0) is 14.9 Å². The van der Waals surface area contributed by atoms with Crippen molar-refractivity contribution < 1.29 is 14.3 Å². The van der Waals surface area contributed by atoms with Crippen LogP contribution in [-0.4, -0.2) is 17.4 Å². The van der Waals surface area contributed by atoms with Gasteiger partial charge in [0.25, 0.3) is 0 Å². The Morgan fingerprint density at radius 2 is 1.63 bits per heavy atom. The molecule has 0 aromatic heterocycles. The molecule has 138 valence electrons. The number of rotatable bonds is 5. The fraction of sp³-hybridized carbons (Fsp3) is 0.227. The van der Waals surface area contributed by atoms with Crippen LogP contribution in [0.3, 0.4) is 0 Å². The Labute approximate surface area is 164 Å². The molecule has 0 bridgehead atoms. The van der Waals surface area contributed by atoms with Gasteiger partial charge in [0.2, 0.25) is 0 Å². The molecule has 0 unspecified atom stereocenters. The number of benzene rings is 2. The van der Waals surface area contributed by atoms with Crippen molar-refractivity contribution in [3.8, 4) is 6.07 Å². The predicted molar refractivity (Wildman–Crippen MR) is 105 cm³/mol. The molecule has 0 saturated carbocycles. The number of ether oxygens (including phenoxy) is 1. The summed E-state index contributed by atoms with van der Waals surface area (Å²) in [6.45, 7) is 5.15. The van der Waals surface area contributed by atoms with Gasteiger partial charge in [-0.2, -0.15) is 5.26 Å². The second-order valence-corrected chi connectivity index (χ2v) is 7.43. The lowest BCUT2D eigenvalue weighted by Gasteiger charge is -2.27. The highest BCUT2D eigenvalue weighted by atomic mass is 35.5. The molecule has 0 N–H and O–H groups in total. The van der Waals surface area contributed by atoms with Crippen molar-refractivity contribution >= 4 is 23.4 Å². The van der Waals surface area contributed by atoms with E-state index < -0.39 is 17.0 Å². The molecule has 0 spiro atoms. The largest absolute Gasteiger partial charge is 0.458 e. The van der Waals surface area contributed by atoms with E-state index in [4.69, 9.17) is 16.3 Å². The Kier molecular flexibility index (Phi) is 6.20. The van der Waals surface area contributed by atoms with Gasteiger partial charge in [0.05, 0.1) is 6.07 Å². The van der Waals surface area contributed by atoms with Crippen LogP contribution in [0.5, 0.6) is 0 Å². The van der Waals surface area contributed by atoms with Gasteiger partial charge < -0.3 is 4.74 Å². The van der Waals surface area contributed by atoms with Crippen molar-refractivity contribution in [2.75, 3.05) is 0 Å². The lowest BCUT2D eigenvalue weighted by atomic mass is 9.81.